The zero-order valence-corrected chi connectivity index (χ0v) is 6.05. The Labute approximate surface area is 60.9 Å². The van der Waals surface area contributed by atoms with Crippen LogP contribution in [0.5, 0.6) is 0 Å². The topological polar surface area (TPSA) is 49.4 Å². The standard InChI is InChI=1S/C7H13N2O/c8-7-4-9-3-6(7)1-2-10-5-7/h6H,1-5,8H2/t6-,7-/m0/s1. The second-order valence-electron chi connectivity index (χ2n) is 3.34. The van der Waals surface area contributed by atoms with Gasteiger partial charge in [-0.1, -0.05) is 0 Å². The second kappa shape index (κ2) is 2.19. The van der Waals surface area contributed by atoms with E-state index in [0.717, 1.165) is 26.1 Å². The van der Waals surface area contributed by atoms with Crippen LogP contribution in [0.15, 0.2) is 0 Å². The van der Waals surface area contributed by atoms with Gasteiger partial charge >= 0.3 is 0 Å². The first-order valence-corrected chi connectivity index (χ1v) is 3.81. The predicted octanol–water partition coefficient (Wildman–Crippen LogP) is -0.662. The molecular weight excluding hydrogens is 128 g/mol. The maximum Gasteiger partial charge on any atom is 0.0662 e. The fourth-order valence-corrected chi connectivity index (χ4v) is 1.77. The lowest BCUT2D eigenvalue weighted by molar-refractivity contribution is 0.0203. The van der Waals surface area contributed by atoms with E-state index in [0.29, 0.717) is 12.5 Å². The van der Waals surface area contributed by atoms with Crippen molar-refractivity contribution in [1.29, 1.82) is 0 Å². The van der Waals surface area contributed by atoms with Crippen LogP contribution in [0.2, 0.25) is 0 Å². The van der Waals surface area contributed by atoms with Gasteiger partial charge in [0.1, 0.15) is 0 Å². The summed E-state index contributed by atoms with van der Waals surface area (Å²) in [5.41, 5.74) is 5.95. The molecule has 10 heavy (non-hydrogen) atoms. The fourth-order valence-electron chi connectivity index (χ4n) is 1.77. The smallest absolute Gasteiger partial charge is 0.0662 e. The highest BCUT2D eigenvalue weighted by atomic mass is 16.5. The molecule has 2 saturated heterocycles. The van der Waals surface area contributed by atoms with Crippen LogP contribution < -0.4 is 11.1 Å². The van der Waals surface area contributed by atoms with Gasteiger partial charge in [0.2, 0.25) is 0 Å². The van der Waals surface area contributed by atoms with Crippen LogP contribution >= 0.6 is 0 Å². The molecule has 0 aromatic heterocycles. The van der Waals surface area contributed by atoms with E-state index in [-0.39, 0.29) is 5.54 Å². The Hall–Kier alpha value is -0.120. The van der Waals surface area contributed by atoms with Crippen molar-refractivity contribution >= 4 is 0 Å². The molecule has 0 aromatic rings. The first kappa shape index (κ1) is 6.58. The molecule has 2 rings (SSSR count). The van der Waals surface area contributed by atoms with Gasteiger partial charge in [0.25, 0.3) is 0 Å². The van der Waals surface area contributed by atoms with E-state index in [4.69, 9.17) is 10.5 Å². The Balaban J connectivity index is 2.10. The Morgan fingerprint density at radius 3 is 3.30 bits per heavy atom. The Morgan fingerprint density at radius 1 is 1.60 bits per heavy atom. The number of nitrogens with two attached hydrogens (primary N) is 1. The first-order chi connectivity index (χ1) is 4.81. The summed E-state index contributed by atoms with van der Waals surface area (Å²) < 4.78 is 5.30. The molecule has 0 spiro atoms. The normalized spacial score (nSPS) is 47.1. The van der Waals surface area contributed by atoms with Crippen molar-refractivity contribution in [1.82, 2.24) is 5.32 Å². The largest absolute Gasteiger partial charge is 0.379 e. The van der Waals surface area contributed by atoms with Crippen molar-refractivity contribution in [2.75, 3.05) is 26.3 Å². The summed E-state index contributed by atoms with van der Waals surface area (Å²) in [5.74, 6) is 0.598. The van der Waals surface area contributed by atoms with Gasteiger partial charge in [0.15, 0.2) is 0 Å². The van der Waals surface area contributed by atoms with Crippen LogP contribution in [-0.4, -0.2) is 31.8 Å². The lowest BCUT2D eigenvalue weighted by Gasteiger charge is -2.34. The number of fused-ring (bicyclic) bond motifs is 1. The van der Waals surface area contributed by atoms with Crippen molar-refractivity contribution in [2.24, 2.45) is 11.7 Å². The minimum absolute atomic E-state index is 0.0990. The monoisotopic (exact) mass is 141 g/mol. The number of nitrogens with zero attached hydrogens (tertiary/aromatic N) is 1. The molecule has 2 aliphatic heterocycles. The molecule has 0 unspecified atom stereocenters. The summed E-state index contributed by atoms with van der Waals surface area (Å²) in [6, 6.07) is 0. The molecule has 2 heterocycles. The van der Waals surface area contributed by atoms with E-state index in [9.17, 15) is 0 Å². The summed E-state index contributed by atoms with van der Waals surface area (Å²) in [5, 5.41) is 4.29. The summed E-state index contributed by atoms with van der Waals surface area (Å²) in [6.07, 6.45) is 1.10. The lowest BCUT2D eigenvalue weighted by atomic mass is 9.85. The van der Waals surface area contributed by atoms with Gasteiger partial charge in [-0.2, -0.15) is 0 Å². The van der Waals surface area contributed by atoms with Crippen LogP contribution in [0.25, 0.3) is 0 Å². The molecule has 1 radical (unpaired) electrons. The average molecular weight is 141 g/mol. The Kier molecular flexibility index (Phi) is 1.44. The van der Waals surface area contributed by atoms with Crippen molar-refractivity contribution in [2.45, 2.75) is 12.0 Å². The minimum atomic E-state index is -0.0990. The van der Waals surface area contributed by atoms with E-state index in [1.807, 2.05) is 0 Å². The SMILES string of the molecule is N[C@]12C[N]C[C@@H]1CCOC2. The molecule has 2 N–H and O–H groups in total. The maximum atomic E-state index is 6.05. The number of ether oxygens (including phenoxy) is 1. The predicted molar refractivity (Wildman–Crippen MR) is 37.7 cm³/mol. The number of hydrogen-bond donors (Lipinski definition) is 1. The minimum Gasteiger partial charge on any atom is -0.379 e. The van der Waals surface area contributed by atoms with Gasteiger partial charge < -0.3 is 10.5 Å². The van der Waals surface area contributed by atoms with Crippen molar-refractivity contribution in [3.8, 4) is 0 Å². The number of rotatable bonds is 0. The molecule has 3 nitrogen and oxygen atoms in total. The maximum absolute atomic E-state index is 6.05. The summed E-state index contributed by atoms with van der Waals surface area (Å²) in [7, 11) is 0. The highest BCUT2D eigenvalue weighted by molar-refractivity contribution is 5.00. The number of hydrogen-bond acceptors (Lipinski definition) is 2. The van der Waals surface area contributed by atoms with Gasteiger partial charge in [-0.25, -0.2) is 5.32 Å². The van der Waals surface area contributed by atoms with Crippen molar-refractivity contribution < 1.29 is 4.74 Å². The molecule has 2 aliphatic rings. The van der Waals surface area contributed by atoms with Crippen molar-refractivity contribution in [3.63, 3.8) is 0 Å². The molecule has 3 heteroatoms. The molecule has 0 bridgehead atoms. The van der Waals surface area contributed by atoms with E-state index < -0.39 is 0 Å². The highest BCUT2D eigenvalue weighted by Crippen LogP contribution is 2.27. The van der Waals surface area contributed by atoms with Gasteiger partial charge in [-0.15, -0.1) is 0 Å². The van der Waals surface area contributed by atoms with Gasteiger partial charge in [0.05, 0.1) is 12.1 Å². The third-order valence-electron chi connectivity index (χ3n) is 2.55. The van der Waals surface area contributed by atoms with Crippen LogP contribution in [0.4, 0.5) is 0 Å². The zero-order chi connectivity index (χ0) is 7.03. The van der Waals surface area contributed by atoms with E-state index in [1.54, 1.807) is 0 Å². The molecule has 2 atom stereocenters. The van der Waals surface area contributed by atoms with E-state index >= 15 is 0 Å². The van der Waals surface area contributed by atoms with Crippen molar-refractivity contribution in [3.05, 3.63) is 0 Å². The van der Waals surface area contributed by atoms with Gasteiger partial charge in [-0.05, 0) is 12.3 Å². The van der Waals surface area contributed by atoms with E-state index in [2.05, 4.69) is 5.32 Å². The Morgan fingerprint density at radius 2 is 2.50 bits per heavy atom. The van der Waals surface area contributed by atoms with Crippen LogP contribution in [0, 0.1) is 5.92 Å². The first-order valence-electron chi connectivity index (χ1n) is 3.81. The zero-order valence-electron chi connectivity index (χ0n) is 6.05. The highest BCUT2D eigenvalue weighted by Gasteiger charge is 2.42. The van der Waals surface area contributed by atoms with Crippen LogP contribution in [0.3, 0.4) is 0 Å². The lowest BCUT2D eigenvalue weighted by Crippen LogP contribution is -2.54. The molecule has 0 saturated carbocycles. The third kappa shape index (κ3) is 0.856. The van der Waals surface area contributed by atoms with Crippen LogP contribution in [-0.2, 0) is 4.74 Å². The summed E-state index contributed by atoms with van der Waals surface area (Å²) in [6.45, 7) is 3.35. The fraction of sp³-hybridized carbons (Fsp3) is 1.00. The van der Waals surface area contributed by atoms with Gasteiger partial charge in [0, 0.05) is 19.7 Å². The molecule has 0 aromatic carbocycles. The second-order valence-corrected chi connectivity index (χ2v) is 3.34. The molecule has 57 valence electrons. The molecule has 0 amide bonds. The molecule has 2 fully saturated rings. The third-order valence-corrected chi connectivity index (χ3v) is 2.55. The molecule has 0 aliphatic carbocycles. The van der Waals surface area contributed by atoms with Gasteiger partial charge in [-0.3, -0.25) is 0 Å². The van der Waals surface area contributed by atoms with E-state index in [1.165, 1.54) is 0 Å². The average Bonchev–Trinajstić information content (AvgIpc) is 2.29. The quantitative estimate of drug-likeness (QED) is 0.487. The van der Waals surface area contributed by atoms with Crippen LogP contribution in [0.1, 0.15) is 6.42 Å². The summed E-state index contributed by atoms with van der Waals surface area (Å²) in [4.78, 5) is 0. The Bertz CT molecular complexity index is 140. The summed E-state index contributed by atoms with van der Waals surface area (Å²) >= 11 is 0. The molecular formula is C7H13N2O.